The molecule has 0 aliphatic carbocycles. The highest BCUT2D eigenvalue weighted by atomic mass is 35.5. The summed E-state index contributed by atoms with van der Waals surface area (Å²) in [5, 5.41) is 6.18. The fraction of sp³-hybridized carbons (Fsp3) is 0.467. The van der Waals surface area contributed by atoms with E-state index in [2.05, 4.69) is 20.5 Å². The molecule has 1 saturated heterocycles. The molecule has 1 amide bonds. The van der Waals surface area contributed by atoms with Crippen molar-refractivity contribution in [1.82, 2.24) is 25.1 Å². The lowest BCUT2D eigenvalue weighted by atomic mass is 10.3. The number of carbonyl (C=O) groups excluding carboxylic acids is 1. The summed E-state index contributed by atoms with van der Waals surface area (Å²) in [5.41, 5.74) is 1.25. The number of nitrogens with one attached hydrogen (secondary N) is 3. The summed E-state index contributed by atoms with van der Waals surface area (Å²) < 4.78 is 1.47. The quantitative estimate of drug-likeness (QED) is 0.703. The minimum absolute atomic E-state index is 0. The van der Waals surface area contributed by atoms with E-state index in [1.807, 2.05) is 24.3 Å². The van der Waals surface area contributed by atoms with Gasteiger partial charge in [0, 0.05) is 39.3 Å². The number of nitrogens with zero attached hydrogens (tertiary/aromatic N) is 2. The average molecular weight is 340 g/mol. The molecule has 0 radical (unpaired) electrons. The van der Waals surface area contributed by atoms with E-state index in [4.69, 9.17) is 0 Å². The molecule has 3 N–H and O–H groups in total. The summed E-state index contributed by atoms with van der Waals surface area (Å²) in [4.78, 5) is 29.0. The van der Waals surface area contributed by atoms with E-state index >= 15 is 0 Å². The second-order valence-corrected chi connectivity index (χ2v) is 5.48. The van der Waals surface area contributed by atoms with Crippen LogP contribution in [0.2, 0.25) is 0 Å². The molecule has 1 aliphatic heterocycles. The Balaban J connectivity index is 0.00000192. The maximum Gasteiger partial charge on any atom is 0.326 e. The fourth-order valence-electron chi connectivity index (χ4n) is 2.75. The van der Waals surface area contributed by atoms with E-state index in [9.17, 15) is 9.59 Å². The summed E-state index contributed by atoms with van der Waals surface area (Å²) in [6.45, 7) is 5.52. The van der Waals surface area contributed by atoms with Crippen LogP contribution in [0.15, 0.2) is 29.1 Å². The number of imidazole rings is 1. The van der Waals surface area contributed by atoms with Crippen molar-refractivity contribution in [3.63, 3.8) is 0 Å². The van der Waals surface area contributed by atoms with Crippen molar-refractivity contribution in [2.24, 2.45) is 0 Å². The number of amides is 1. The van der Waals surface area contributed by atoms with E-state index in [1.165, 1.54) is 4.57 Å². The number of hydrogen-bond acceptors (Lipinski definition) is 4. The number of para-hydroxylation sites is 2. The molecule has 1 aromatic heterocycles. The van der Waals surface area contributed by atoms with Crippen LogP contribution in [-0.2, 0) is 11.3 Å². The van der Waals surface area contributed by atoms with Crippen molar-refractivity contribution in [3.05, 3.63) is 34.7 Å². The zero-order valence-corrected chi connectivity index (χ0v) is 13.7. The first kappa shape index (κ1) is 17.5. The molecular weight excluding hydrogens is 318 g/mol. The number of rotatable bonds is 5. The van der Waals surface area contributed by atoms with E-state index in [-0.39, 0.29) is 30.5 Å². The molecule has 1 fully saturated rings. The van der Waals surface area contributed by atoms with Crippen LogP contribution >= 0.6 is 12.4 Å². The summed E-state index contributed by atoms with van der Waals surface area (Å²) >= 11 is 0. The first-order valence-corrected chi connectivity index (χ1v) is 7.61. The van der Waals surface area contributed by atoms with Gasteiger partial charge in [0.25, 0.3) is 0 Å². The molecule has 0 bridgehead atoms. The van der Waals surface area contributed by atoms with Gasteiger partial charge in [-0.15, -0.1) is 12.4 Å². The molecule has 7 nitrogen and oxygen atoms in total. The zero-order chi connectivity index (χ0) is 15.4. The predicted octanol–water partition coefficient (Wildman–Crippen LogP) is -0.227. The lowest BCUT2D eigenvalue weighted by molar-refractivity contribution is -0.121. The van der Waals surface area contributed by atoms with E-state index in [0.717, 1.165) is 43.8 Å². The summed E-state index contributed by atoms with van der Waals surface area (Å²) in [6.07, 6.45) is 0. The third kappa shape index (κ3) is 4.34. The van der Waals surface area contributed by atoms with Crippen LogP contribution in [0.25, 0.3) is 11.0 Å². The van der Waals surface area contributed by atoms with Crippen LogP contribution in [0.5, 0.6) is 0 Å². The maximum absolute atomic E-state index is 12.0. The van der Waals surface area contributed by atoms with Gasteiger partial charge in [-0.2, -0.15) is 0 Å². The summed E-state index contributed by atoms with van der Waals surface area (Å²) in [7, 11) is 0. The van der Waals surface area contributed by atoms with Gasteiger partial charge in [0.2, 0.25) is 5.91 Å². The minimum atomic E-state index is -0.251. The topological polar surface area (TPSA) is 82.2 Å². The largest absolute Gasteiger partial charge is 0.353 e. The summed E-state index contributed by atoms with van der Waals surface area (Å²) in [5.74, 6) is -0.137. The standard InChI is InChI=1S/C15H21N5O2.ClH/c21-14(17-7-10-19-8-5-16-6-9-19)11-20-13-4-2-1-3-12(13)18-15(20)22;/h1-4,16H,5-11H2,(H,17,21)(H,18,22);1H. The number of aromatic amines is 1. The third-order valence-electron chi connectivity index (χ3n) is 3.94. The van der Waals surface area contributed by atoms with Crippen molar-refractivity contribution in [2.45, 2.75) is 6.54 Å². The van der Waals surface area contributed by atoms with Crippen LogP contribution in [0.4, 0.5) is 0 Å². The first-order chi connectivity index (χ1) is 10.7. The predicted molar refractivity (Wildman–Crippen MR) is 92.1 cm³/mol. The molecular formula is C15H22ClN5O2. The zero-order valence-electron chi connectivity index (χ0n) is 12.9. The Labute approximate surface area is 140 Å². The molecule has 8 heteroatoms. The van der Waals surface area contributed by atoms with Crippen molar-refractivity contribution in [1.29, 1.82) is 0 Å². The molecule has 0 unspecified atom stereocenters. The highest BCUT2D eigenvalue weighted by molar-refractivity contribution is 5.85. The average Bonchev–Trinajstić information content (AvgIpc) is 2.84. The van der Waals surface area contributed by atoms with Gasteiger partial charge in [0.15, 0.2) is 0 Å². The molecule has 23 heavy (non-hydrogen) atoms. The Morgan fingerprint density at radius 3 is 2.74 bits per heavy atom. The SMILES string of the molecule is Cl.O=C(Cn1c(=O)[nH]c2ccccc21)NCCN1CCNCC1. The molecule has 0 atom stereocenters. The maximum atomic E-state index is 12.0. The Bertz CT molecular complexity index is 705. The fourth-order valence-corrected chi connectivity index (χ4v) is 2.75. The highest BCUT2D eigenvalue weighted by Crippen LogP contribution is 2.08. The molecule has 1 aromatic carbocycles. The lowest BCUT2D eigenvalue weighted by Crippen LogP contribution is -2.46. The van der Waals surface area contributed by atoms with Gasteiger partial charge in [-0.1, -0.05) is 12.1 Å². The number of fused-ring (bicyclic) bond motifs is 1. The number of H-pyrrole nitrogens is 1. The van der Waals surface area contributed by atoms with Gasteiger partial charge in [-0.25, -0.2) is 4.79 Å². The number of carbonyl (C=O) groups is 1. The number of aromatic nitrogens is 2. The minimum Gasteiger partial charge on any atom is -0.353 e. The number of hydrogen-bond donors (Lipinski definition) is 3. The number of piperazine rings is 1. The number of benzene rings is 1. The van der Waals surface area contributed by atoms with Crippen LogP contribution in [0.3, 0.4) is 0 Å². The first-order valence-electron chi connectivity index (χ1n) is 7.61. The number of halogens is 1. The van der Waals surface area contributed by atoms with Gasteiger partial charge in [0.1, 0.15) is 6.54 Å². The smallest absolute Gasteiger partial charge is 0.326 e. The Kier molecular flexibility index (Phi) is 6.20. The van der Waals surface area contributed by atoms with Gasteiger partial charge in [0.05, 0.1) is 11.0 Å². The van der Waals surface area contributed by atoms with Crippen molar-refractivity contribution in [2.75, 3.05) is 39.3 Å². The second kappa shape index (κ2) is 8.14. The Hall–Kier alpha value is -1.83. The highest BCUT2D eigenvalue weighted by Gasteiger charge is 2.12. The van der Waals surface area contributed by atoms with Gasteiger partial charge in [-0.3, -0.25) is 14.3 Å². The van der Waals surface area contributed by atoms with Crippen molar-refractivity contribution < 1.29 is 4.79 Å². The monoisotopic (exact) mass is 339 g/mol. The third-order valence-corrected chi connectivity index (χ3v) is 3.94. The van der Waals surface area contributed by atoms with E-state index < -0.39 is 0 Å². The Morgan fingerprint density at radius 1 is 1.22 bits per heavy atom. The van der Waals surface area contributed by atoms with E-state index in [1.54, 1.807) is 0 Å². The van der Waals surface area contributed by atoms with Crippen molar-refractivity contribution in [3.8, 4) is 0 Å². The molecule has 2 aromatic rings. The van der Waals surface area contributed by atoms with Crippen LogP contribution in [-0.4, -0.2) is 59.6 Å². The summed E-state index contributed by atoms with van der Waals surface area (Å²) in [6, 6.07) is 7.38. The van der Waals surface area contributed by atoms with Gasteiger partial charge in [-0.05, 0) is 12.1 Å². The van der Waals surface area contributed by atoms with Gasteiger partial charge >= 0.3 is 5.69 Å². The van der Waals surface area contributed by atoms with Crippen molar-refractivity contribution >= 4 is 29.3 Å². The molecule has 3 rings (SSSR count). The normalized spacial score (nSPS) is 15.3. The Morgan fingerprint density at radius 2 is 1.96 bits per heavy atom. The van der Waals surface area contributed by atoms with Crippen LogP contribution < -0.4 is 16.3 Å². The lowest BCUT2D eigenvalue weighted by Gasteiger charge is -2.27. The second-order valence-electron chi connectivity index (χ2n) is 5.48. The molecule has 0 spiro atoms. The van der Waals surface area contributed by atoms with Crippen LogP contribution in [0, 0.1) is 0 Å². The molecule has 0 saturated carbocycles. The molecule has 2 heterocycles. The molecule has 1 aliphatic rings. The van der Waals surface area contributed by atoms with Gasteiger partial charge < -0.3 is 15.6 Å². The van der Waals surface area contributed by atoms with E-state index in [0.29, 0.717) is 6.54 Å². The molecule has 126 valence electrons. The van der Waals surface area contributed by atoms with Crippen LogP contribution in [0.1, 0.15) is 0 Å².